The molecule has 16 heavy (non-hydrogen) atoms. The van der Waals surface area contributed by atoms with Crippen molar-refractivity contribution in [2.75, 3.05) is 5.33 Å². The van der Waals surface area contributed by atoms with E-state index in [1.54, 1.807) is 12.1 Å². The van der Waals surface area contributed by atoms with E-state index in [1.807, 2.05) is 22.6 Å². The number of aromatic nitrogens is 1. The molecule has 1 unspecified atom stereocenters. The molecule has 0 spiro atoms. The Bertz CT molecular complexity index is 391. The van der Waals surface area contributed by atoms with Crippen LogP contribution in [0, 0.1) is 3.70 Å². The van der Waals surface area contributed by atoms with Gasteiger partial charge in [-0.05, 0) is 34.7 Å². The summed E-state index contributed by atoms with van der Waals surface area (Å²) >= 11 is 11.0. The summed E-state index contributed by atoms with van der Waals surface area (Å²) in [6, 6.07) is 3.32. The van der Waals surface area contributed by atoms with Crippen LogP contribution in [0.2, 0.25) is 5.15 Å². The van der Waals surface area contributed by atoms with Crippen LogP contribution in [0.15, 0.2) is 12.1 Å². The number of rotatable bonds is 5. The highest BCUT2D eigenvalue weighted by Crippen LogP contribution is 2.24. The van der Waals surface area contributed by atoms with E-state index >= 15 is 0 Å². The number of aliphatic carboxylic acids is 1. The number of ether oxygens (including phenoxy) is 1. The highest BCUT2D eigenvalue weighted by atomic mass is 127. The van der Waals surface area contributed by atoms with Crippen LogP contribution in [0.5, 0.6) is 5.75 Å². The minimum Gasteiger partial charge on any atom is -0.479 e. The van der Waals surface area contributed by atoms with Gasteiger partial charge >= 0.3 is 5.97 Å². The summed E-state index contributed by atoms with van der Waals surface area (Å²) in [5.41, 5.74) is 0. The van der Waals surface area contributed by atoms with Gasteiger partial charge in [0.15, 0.2) is 17.0 Å². The second-order valence-corrected chi connectivity index (χ2v) is 5.10. The quantitative estimate of drug-likeness (QED) is 0.452. The second-order valence-electron chi connectivity index (χ2n) is 2.85. The lowest BCUT2D eigenvalue weighted by Crippen LogP contribution is -2.27. The van der Waals surface area contributed by atoms with Gasteiger partial charge in [0.05, 0.1) is 0 Å². The molecule has 7 heteroatoms. The lowest BCUT2D eigenvalue weighted by molar-refractivity contribution is -0.145. The zero-order valence-electron chi connectivity index (χ0n) is 7.99. The fourth-order valence-corrected chi connectivity index (χ4v) is 2.15. The van der Waals surface area contributed by atoms with E-state index in [0.29, 0.717) is 11.8 Å². The molecule has 88 valence electrons. The van der Waals surface area contributed by atoms with Crippen molar-refractivity contribution >= 4 is 56.1 Å². The predicted octanol–water partition coefficient (Wildman–Crippen LogP) is 2.96. The molecule has 1 N–H and O–H groups in total. The second kappa shape index (κ2) is 6.61. The summed E-state index contributed by atoms with van der Waals surface area (Å²) in [5, 5.41) is 9.62. The number of hydrogen-bond donors (Lipinski definition) is 1. The van der Waals surface area contributed by atoms with Crippen molar-refractivity contribution < 1.29 is 14.6 Å². The Morgan fingerprint density at radius 3 is 2.88 bits per heavy atom. The van der Waals surface area contributed by atoms with Crippen LogP contribution in [-0.4, -0.2) is 27.5 Å². The molecule has 4 nitrogen and oxygen atoms in total. The van der Waals surface area contributed by atoms with Crippen LogP contribution < -0.4 is 4.74 Å². The zero-order chi connectivity index (χ0) is 12.1. The average Bonchev–Trinajstić information content (AvgIpc) is 2.20. The van der Waals surface area contributed by atoms with E-state index in [-0.39, 0.29) is 10.9 Å². The Hall–Kier alpha value is -0.0800. The Balaban J connectivity index is 2.81. The number of carboxylic acid groups (broad SMARTS) is 1. The van der Waals surface area contributed by atoms with Crippen LogP contribution in [-0.2, 0) is 4.79 Å². The average molecular weight is 420 g/mol. The first-order chi connectivity index (χ1) is 7.54. The van der Waals surface area contributed by atoms with Crippen LogP contribution in [0.1, 0.15) is 6.42 Å². The monoisotopic (exact) mass is 419 g/mol. The van der Waals surface area contributed by atoms with Crippen molar-refractivity contribution in [3.63, 3.8) is 0 Å². The fraction of sp³-hybridized carbons (Fsp3) is 0.333. The van der Waals surface area contributed by atoms with Crippen molar-refractivity contribution in [3.05, 3.63) is 21.0 Å². The Morgan fingerprint density at radius 2 is 2.38 bits per heavy atom. The van der Waals surface area contributed by atoms with Crippen molar-refractivity contribution in [1.29, 1.82) is 0 Å². The summed E-state index contributed by atoms with van der Waals surface area (Å²) in [4.78, 5) is 14.8. The van der Waals surface area contributed by atoms with Crippen molar-refractivity contribution in [1.82, 2.24) is 4.98 Å². The molecule has 0 saturated heterocycles. The molecule has 0 aliphatic carbocycles. The van der Waals surface area contributed by atoms with Gasteiger partial charge in [0.25, 0.3) is 0 Å². The number of carboxylic acids is 1. The van der Waals surface area contributed by atoms with Crippen LogP contribution in [0.4, 0.5) is 0 Å². The van der Waals surface area contributed by atoms with Gasteiger partial charge in [-0.15, -0.1) is 0 Å². The SMILES string of the molecule is O=C(O)C(CCBr)Oc1ccc(I)nc1Cl. The molecular formula is C9H8BrClINO3. The van der Waals surface area contributed by atoms with Gasteiger partial charge in [-0.25, -0.2) is 9.78 Å². The topological polar surface area (TPSA) is 59.4 Å². The van der Waals surface area contributed by atoms with E-state index in [0.717, 1.165) is 3.70 Å². The zero-order valence-corrected chi connectivity index (χ0v) is 12.5. The van der Waals surface area contributed by atoms with E-state index in [2.05, 4.69) is 20.9 Å². The highest BCUT2D eigenvalue weighted by molar-refractivity contribution is 14.1. The van der Waals surface area contributed by atoms with E-state index in [9.17, 15) is 4.79 Å². The van der Waals surface area contributed by atoms with E-state index in [4.69, 9.17) is 21.4 Å². The minimum atomic E-state index is -1.02. The maximum atomic E-state index is 10.9. The molecule has 0 aliphatic rings. The number of nitrogens with zero attached hydrogens (tertiary/aromatic N) is 1. The van der Waals surface area contributed by atoms with E-state index in [1.165, 1.54) is 0 Å². The number of alkyl halides is 1. The first-order valence-electron chi connectivity index (χ1n) is 4.32. The number of pyridine rings is 1. The Morgan fingerprint density at radius 1 is 1.69 bits per heavy atom. The molecule has 0 aromatic carbocycles. The standard InChI is InChI=1S/C9H8BrClINO3/c10-4-3-6(9(14)15)16-5-1-2-7(12)13-8(5)11/h1-2,6H,3-4H2,(H,14,15). The van der Waals surface area contributed by atoms with E-state index < -0.39 is 12.1 Å². The normalized spacial score (nSPS) is 12.2. The molecule has 0 aliphatic heterocycles. The van der Waals surface area contributed by atoms with Gasteiger partial charge < -0.3 is 9.84 Å². The molecule has 1 atom stereocenters. The molecule has 1 aromatic rings. The maximum absolute atomic E-state index is 10.9. The van der Waals surface area contributed by atoms with Crippen molar-refractivity contribution in [3.8, 4) is 5.75 Å². The number of halogens is 3. The molecule has 1 rings (SSSR count). The lowest BCUT2D eigenvalue weighted by Gasteiger charge is -2.14. The fourth-order valence-electron chi connectivity index (χ4n) is 0.972. The third-order valence-electron chi connectivity index (χ3n) is 1.70. The summed E-state index contributed by atoms with van der Waals surface area (Å²) in [6.45, 7) is 0. The molecular weight excluding hydrogens is 412 g/mol. The molecule has 0 radical (unpaired) electrons. The molecule has 0 saturated carbocycles. The molecule has 1 aromatic heterocycles. The number of hydrogen-bond acceptors (Lipinski definition) is 3. The largest absolute Gasteiger partial charge is 0.479 e. The lowest BCUT2D eigenvalue weighted by atomic mass is 10.3. The summed E-state index contributed by atoms with van der Waals surface area (Å²) in [7, 11) is 0. The molecule has 0 amide bonds. The minimum absolute atomic E-state index is 0.174. The van der Waals surface area contributed by atoms with Gasteiger partial charge in [0.2, 0.25) is 0 Å². The van der Waals surface area contributed by atoms with Gasteiger partial charge in [-0.2, -0.15) is 0 Å². The number of carbonyl (C=O) groups is 1. The Kier molecular flexibility index (Phi) is 5.77. The van der Waals surface area contributed by atoms with Crippen LogP contribution >= 0.6 is 50.1 Å². The third-order valence-corrected chi connectivity index (χ3v) is 3.03. The van der Waals surface area contributed by atoms with Crippen LogP contribution in [0.3, 0.4) is 0 Å². The van der Waals surface area contributed by atoms with Crippen LogP contribution in [0.25, 0.3) is 0 Å². The van der Waals surface area contributed by atoms with Crippen molar-refractivity contribution in [2.24, 2.45) is 0 Å². The summed E-state index contributed by atoms with van der Waals surface area (Å²) in [5.74, 6) is -0.732. The molecule has 0 bridgehead atoms. The van der Waals surface area contributed by atoms with Crippen molar-refractivity contribution in [2.45, 2.75) is 12.5 Å². The highest BCUT2D eigenvalue weighted by Gasteiger charge is 2.20. The smallest absolute Gasteiger partial charge is 0.344 e. The predicted molar refractivity (Wildman–Crippen MR) is 72.4 cm³/mol. The van der Waals surface area contributed by atoms with Gasteiger partial charge in [0.1, 0.15) is 3.70 Å². The first-order valence-corrected chi connectivity index (χ1v) is 6.90. The molecule has 1 heterocycles. The van der Waals surface area contributed by atoms with Gasteiger partial charge in [-0.1, -0.05) is 27.5 Å². The summed E-state index contributed by atoms with van der Waals surface area (Å²) < 4.78 is 6.00. The Labute approximate surface area is 120 Å². The van der Waals surface area contributed by atoms with Gasteiger partial charge in [-0.3, -0.25) is 0 Å². The van der Waals surface area contributed by atoms with Gasteiger partial charge in [0, 0.05) is 11.8 Å². The molecule has 0 fully saturated rings. The maximum Gasteiger partial charge on any atom is 0.344 e. The summed E-state index contributed by atoms with van der Waals surface area (Å²) in [6.07, 6.45) is -0.559. The third kappa shape index (κ3) is 4.06. The first kappa shape index (κ1) is 14.0.